The van der Waals surface area contributed by atoms with Crippen LogP contribution in [0.15, 0.2) is 18.2 Å². The molecule has 3 heteroatoms. The molecule has 0 heterocycles. The number of ether oxygens (including phenoxy) is 1. The normalized spacial score (nSPS) is 11.3. The molecule has 0 aliphatic carbocycles. The van der Waals surface area contributed by atoms with E-state index < -0.39 is 5.97 Å². The highest BCUT2D eigenvalue weighted by Gasteiger charge is 2.15. The third-order valence-corrected chi connectivity index (χ3v) is 2.69. The van der Waals surface area contributed by atoms with Gasteiger partial charge in [-0.05, 0) is 35.4 Å². The van der Waals surface area contributed by atoms with Crippen LogP contribution in [0, 0.1) is 5.41 Å². The van der Waals surface area contributed by atoms with Crippen LogP contribution in [-0.2, 0) is 17.6 Å². The average Bonchev–Trinajstić information content (AvgIpc) is 2.24. The lowest BCUT2D eigenvalue weighted by Crippen LogP contribution is -2.10. The fourth-order valence-corrected chi connectivity index (χ4v) is 1.95. The number of hydrogen-bond donors (Lipinski definition) is 1. The van der Waals surface area contributed by atoms with Crippen molar-refractivity contribution in [3.63, 3.8) is 0 Å². The van der Waals surface area contributed by atoms with Gasteiger partial charge >= 0.3 is 5.97 Å². The molecule has 0 fully saturated rings. The molecule has 0 unspecified atom stereocenters. The minimum absolute atomic E-state index is 0.168. The smallest absolute Gasteiger partial charge is 0.303 e. The number of carbonyl (C=O) groups is 1. The lowest BCUT2D eigenvalue weighted by molar-refractivity contribution is -0.136. The van der Waals surface area contributed by atoms with Crippen molar-refractivity contribution < 1.29 is 14.6 Å². The topological polar surface area (TPSA) is 46.5 Å². The molecular formula is C15H22O3. The summed E-state index contributed by atoms with van der Waals surface area (Å²) in [5.41, 5.74) is 2.38. The van der Waals surface area contributed by atoms with E-state index in [2.05, 4.69) is 26.8 Å². The zero-order chi connectivity index (χ0) is 13.8. The minimum Gasteiger partial charge on any atom is -0.496 e. The molecule has 0 spiro atoms. The Hall–Kier alpha value is -1.51. The van der Waals surface area contributed by atoms with Crippen LogP contribution in [0.5, 0.6) is 5.75 Å². The summed E-state index contributed by atoms with van der Waals surface area (Å²) in [5.74, 6) is 0.118. The number of aliphatic carboxylic acids is 1. The number of carboxylic acids is 1. The van der Waals surface area contributed by atoms with Crippen molar-refractivity contribution in [2.24, 2.45) is 5.41 Å². The SMILES string of the molecule is COc1ccc(CCC(=O)O)cc1CC(C)(C)C. The van der Waals surface area contributed by atoms with E-state index in [9.17, 15) is 4.79 Å². The summed E-state index contributed by atoms with van der Waals surface area (Å²) in [4.78, 5) is 10.6. The number of benzene rings is 1. The van der Waals surface area contributed by atoms with Crippen LogP contribution < -0.4 is 4.74 Å². The van der Waals surface area contributed by atoms with Crippen molar-refractivity contribution in [1.82, 2.24) is 0 Å². The van der Waals surface area contributed by atoms with Gasteiger partial charge in [-0.1, -0.05) is 32.9 Å². The zero-order valence-corrected chi connectivity index (χ0v) is 11.6. The van der Waals surface area contributed by atoms with E-state index in [1.807, 2.05) is 12.1 Å². The van der Waals surface area contributed by atoms with E-state index in [0.29, 0.717) is 6.42 Å². The molecule has 18 heavy (non-hydrogen) atoms. The van der Waals surface area contributed by atoms with Crippen LogP contribution in [0.4, 0.5) is 0 Å². The Morgan fingerprint density at radius 3 is 2.50 bits per heavy atom. The largest absolute Gasteiger partial charge is 0.496 e. The summed E-state index contributed by atoms with van der Waals surface area (Å²) in [6.45, 7) is 6.53. The lowest BCUT2D eigenvalue weighted by atomic mass is 9.87. The molecule has 100 valence electrons. The van der Waals surface area contributed by atoms with Crippen molar-refractivity contribution >= 4 is 5.97 Å². The molecule has 0 aliphatic rings. The summed E-state index contributed by atoms with van der Waals surface area (Å²) in [6.07, 6.45) is 1.65. The quantitative estimate of drug-likeness (QED) is 0.872. The summed E-state index contributed by atoms with van der Waals surface area (Å²) in [5, 5.41) is 8.71. The Balaban J connectivity index is 2.91. The molecule has 0 amide bonds. The molecule has 0 saturated carbocycles. The maximum atomic E-state index is 10.6. The highest BCUT2D eigenvalue weighted by molar-refractivity contribution is 5.67. The second-order valence-corrected chi connectivity index (χ2v) is 5.78. The second-order valence-electron chi connectivity index (χ2n) is 5.78. The Labute approximate surface area is 109 Å². The Bertz CT molecular complexity index is 416. The first-order chi connectivity index (χ1) is 8.31. The number of hydrogen-bond acceptors (Lipinski definition) is 2. The summed E-state index contributed by atoms with van der Waals surface area (Å²) < 4.78 is 5.36. The Morgan fingerprint density at radius 1 is 1.33 bits per heavy atom. The van der Waals surface area contributed by atoms with Crippen LogP contribution in [0.3, 0.4) is 0 Å². The van der Waals surface area contributed by atoms with Crippen molar-refractivity contribution in [2.75, 3.05) is 7.11 Å². The molecule has 1 aromatic carbocycles. The molecular weight excluding hydrogens is 228 g/mol. The van der Waals surface area contributed by atoms with Gasteiger partial charge in [0.1, 0.15) is 5.75 Å². The monoisotopic (exact) mass is 250 g/mol. The maximum absolute atomic E-state index is 10.6. The number of aryl methyl sites for hydroxylation is 1. The zero-order valence-electron chi connectivity index (χ0n) is 11.6. The number of methoxy groups -OCH3 is 1. The molecule has 3 nitrogen and oxygen atoms in total. The molecule has 0 saturated heterocycles. The van der Waals surface area contributed by atoms with Gasteiger partial charge in [-0.2, -0.15) is 0 Å². The van der Waals surface area contributed by atoms with Gasteiger partial charge in [0.25, 0.3) is 0 Å². The van der Waals surface area contributed by atoms with E-state index in [0.717, 1.165) is 23.3 Å². The number of carboxylic acid groups (broad SMARTS) is 1. The third-order valence-electron chi connectivity index (χ3n) is 2.69. The van der Waals surface area contributed by atoms with Gasteiger partial charge in [-0.25, -0.2) is 0 Å². The first-order valence-corrected chi connectivity index (χ1v) is 6.19. The van der Waals surface area contributed by atoms with E-state index in [1.165, 1.54) is 0 Å². The lowest BCUT2D eigenvalue weighted by Gasteiger charge is -2.20. The third kappa shape index (κ3) is 4.78. The van der Waals surface area contributed by atoms with Crippen molar-refractivity contribution in [2.45, 2.75) is 40.0 Å². The van der Waals surface area contributed by atoms with E-state index in [-0.39, 0.29) is 11.8 Å². The average molecular weight is 250 g/mol. The summed E-state index contributed by atoms with van der Waals surface area (Å²) >= 11 is 0. The Morgan fingerprint density at radius 2 is 2.00 bits per heavy atom. The fourth-order valence-electron chi connectivity index (χ4n) is 1.95. The van der Waals surface area contributed by atoms with Crippen LogP contribution in [0.1, 0.15) is 38.3 Å². The van der Waals surface area contributed by atoms with Gasteiger partial charge < -0.3 is 9.84 Å². The van der Waals surface area contributed by atoms with Crippen LogP contribution in [0.2, 0.25) is 0 Å². The van der Waals surface area contributed by atoms with Gasteiger partial charge in [0.2, 0.25) is 0 Å². The number of rotatable bonds is 5. The van der Waals surface area contributed by atoms with Gasteiger partial charge in [-0.3, -0.25) is 4.79 Å². The maximum Gasteiger partial charge on any atom is 0.303 e. The molecule has 0 atom stereocenters. The summed E-state index contributed by atoms with van der Waals surface area (Å²) in [6, 6.07) is 5.93. The first kappa shape index (κ1) is 14.6. The standard InChI is InChI=1S/C15H22O3/c1-15(2,3)10-12-9-11(6-8-14(16)17)5-7-13(12)18-4/h5,7,9H,6,8,10H2,1-4H3,(H,16,17). The van der Waals surface area contributed by atoms with Gasteiger partial charge in [0.15, 0.2) is 0 Å². The molecule has 0 radical (unpaired) electrons. The van der Waals surface area contributed by atoms with Gasteiger partial charge in [0.05, 0.1) is 7.11 Å². The molecule has 1 rings (SSSR count). The molecule has 0 aliphatic heterocycles. The molecule has 0 bridgehead atoms. The molecule has 1 N–H and O–H groups in total. The predicted octanol–water partition coefficient (Wildman–Crippen LogP) is 3.30. The first-order valence-electron chi connectivity index (χ1n) is 6.19. The van der Waals surface area contributed by atoms with E-state index in [4.69, 9.17) is 9.84 Å². The van der Waals surface area contributed by atoms with Crippen LogP contribution in [0.25, 0.3) is 0 Å². The van der Waals surface area contributed by atoms with Gasteiger partial charge in [0, 0.05) is 6.42 Å². The highest BCUT2D eigenvalue weighted by Crippen LogP contribution is 2.28. The molecule has 0 aromatic heterocycles. The van der Waals surface area contributed by atoms with Gasteiger partial charge in [-0.15, -0.1) is 0 Å². The second kappa shape index (κ2) is 5.89. The summed E-state index contributed by atoms with van der Waals surface area (Å²) in [7, 11) is 1.67. The van der Waals surface area contributed by atoms with E-state index >= 15 is 0 Å². The molecule has 1 aromatic rings. The van der Waals surface area contributed by atoms with Crippen LogP contribution >= 0.6 is 0 Å². The highest BCUT2D eigenvalue weighted by atomic mass is 16.5. The predicted molar refractivity (Wildman–Crippen MR) is 72.1 cm³/mol. The van der Waals surface area contributed by atoms with Crippen molar-refractivity contribution in [3.8, 4) is 5.75 Å². The minimum atomic E-state index is -0.761. The van der Waals surface area contributed by atoms with Crippen LogP contribution in [-0.4, -0.2) is 18.2 Å². The van der Waals surface area contributed by atoms with E-state index in [1.54, 1.807) is 7.11 Å². The van der Waals surface area contributed by atoms with Crippen molar-refractivity contribution in [3.05, 3.63) is 29.3 Å². The Kier molecular flexibility index (Phi) is 4.76. The fraction of sp³-hybridized carbons (Fsp3) is 0.533. The van der Waals surface area contributed by atoms with Crippen molar-refractivity contribution in [1.29, 1.82) is 0 Å².